The molecule has 0 aliphatic rings. The van der Waals surface area contributed by atoms with Crippen molar-refractivity contribution < 1.29 is 8.78 Å². The van der Waals surface area contributed by atoms with Gasteiger partial charge in [0, 0.05) is 35.9 Å². The van der Waals surface area contributed by atoms with Crippen molar-refractivity contribution in [2.75, 3.05) is 18.4 Å². The van der Waals surface area contributed by atoms with E-state index in [1.807, 2.05) is 64.1 Å². The van der Waals surface area contributed by atoms with E-state index >= 15 is 0 Å². The van der Waals surface area contributed by atoms with Gasteiger partial charge in [-0.2, -0.15) is 0 Å². The highest BCUT2D eigenvalue weighted by atomic mass is 35.5. The Morgan fingerprint density at radius 1 is 1.11 bits per heavy atom. The topological polar surface area (TPSA) is 51.2 Å². The summed E-state index contributed by atoms with van der Waals surface area (Å²) in [6.45, 7) is 18.7. The molecule has 0 aliphatic heterocycles. The largest absolute Gasteiger partial charge is 0.370 e. The lowest BCUT2D eigenvalue weighted by Gasteiger charge is -2.38. The number of rotatable bonds is 16. The molecule has 3 N–H and O–H groups in total. The van der Waals surface area contributed by atoms with Crippen LogP contribution >= 0.6 is 11.6 Å². The van der Waals surface area contributed by atoms with Crippen LogP contribution in [0.1, 0.15) is 57.2 Å². The Labute approximate surface area is 232 Å². The van der Waals surface area contributed by atoms with Gasteiger partial charge in [-0.1, -0.05) is 56.8 Å². The molecule has 0 spiro atoms. The monoisotopic (exact) mass is 544 g/mol. The number of hydrogen-bond donors (Lipinski definition) is 3. The van der Waals surface area contributed by atoms with Gasteiger partial charge in [-0.05, 0) is 80.5 Å². The lowest BCUT2D eigenvalue weighted by Crippen LogP contribution is -2.48. The van der Waals surface area contributed by atoms with Gasteiger partial charge >= 0.3 is 0 Å². The number of hydrogen-bond acceptors (Lipinski definition) is 4. The van der Waals surface area contributed by atoms with E-state index in [4.69, 9.17) is 17.0 Å². The summed E-state index contributed by atoms with van der Waals surface area (Å²) in [5.74, 6) is 0.485. The van der Waals surface area contributed by atoms with Crippen LogP contribution < -0.4 is 10.6 Å². The number of alkyl halides is 2. The van der Waals surface area contributed by atoms with Crippen molar-refractivity contribution in [2.24, 2.45) is 5.92 Å². The zero-order valence-electron chi connectivity index (χ0n) is 23.4. The van der Waals surface area contributed by atoms with Crippen LogP contribution in [-0.2, 0) is 6.42 Å². The van der Waals surface area contributed by atoms with Gasteiger partial charge in [0.15, 0.2) is 0 Å². The summed E-state index contributed by atoms with van der Waals surface area (Å²) in [7, 11) is 0. The van der Waals surface area contributed by atoms with Crippen LogP contribution in [0.25, 0.3) is 0 Å². The van der Waals surface area contributed by atoms with Crippen LogP contribution in [0.5, 0.6) is 0 Å². The van der Waals surface area contributed by atoms with Gasteiger partial charge in [-0.3, -0.25) is 0 Å². The van der Waals surface area contributed by atoms with Crippen molar-refractivity contribution in [3.63, 3.8) is 0 Å². The fourth-order valence-corrected chi connectivity index (χ4v) is 4.62. The maximum atomic E-state index is 14.2. The van der Waals surface area contributed by atoms with Gasteiger partial charge in [0.25, 0.3) is 0 Å². The van der Waals surface area contributed by atoms with E-state index in [9.17, 15) is 8.78 Å². The van der Waals surface area contributed by atoms with Crippen molar-refractivity contribution in [3.8, 4) is 0 Å². The van der Waals surface area contributed by atoms with Crippen molar-refractivity contribution in [2.45, 2.75) is 72.3 Å². The van der Waals surface area contributed by atoms with E-state index in [1.165, 1.54) is 0 Å². The van der Waals surface area contributed by atoms with E-state index in [-0.39, 0.29) is 12.0 Å². The predicted molar refractivity (Wildman–Crippen MR) is 159 cm³/mol. The maximum Gasteiger partial charge on any atom is 0.101 e. The van der Waals surface area contributed by atoms with E-state index in [2.05, 4.69) is 28.7 Å². The standard InChI is InChI=1S/C31H43ClF2N4/c1-8-27(34)16-20(3)23(6)38(9-2)30(31(35)26-13-14-29(32)21(4)15-26)19-36-24(7)37-28-12-10-11-25(18-28)17-22(5)33/h10-15,18,20,22,27,30,35-37H,6-9,16-17,19H2,1-5H3. The van der Waals surface area contributed by atoms with Crippen LogP contribution in [0.15, 0.2) is 67.1 Å². The maximum absolute atomic E-state index is 14.2. The van der Waals surface area contributed by atoms with Crippen LogP contribution in [0.2, 0.25) is 5.02 Å². The molecule has 0 amide bonds. The molecule has 2 rings (SSSR count). The molecule has 4 unspecified atom stereocenters. The highest BCUT2D eigenvalue weighted by Gasteiger charge is 2.27. The lowest BCUT2D eigenvalue weighted by atomic mass is 9.95. The van der Waals surface area contributed by atoms with Crippen LogP contribution in [-0.4, -0.2) is 42.1 Å². The van der Waals surface area contributed by atoms with Gasteiger partial charge in [-0.15, -0.1) is 0 Å². The number of benzene rings is 2. The minimum atomic E-state index is -0.921. The van der Waals surface area contributed by atoms with E-state index in [0.29, 0.717) is 48.9 Å². The third-order valence-electron chi connectivity index (χ3n) is 6.76. The summed E-state index contributed by atoms with van der Waals surface area (Å²) in [5.41, 5.74) is 4.58. The van der Waals surface area contributed by atoms with Crippen molar-refractivity contribution in [1.29, 1.82) is 5.41 Å². The Bertz CT molecular complexity index is 1100. The highest BCUT2D eigenvalue weighted by Crippen LogP contribution is 2.26. The molecule has 38 heavy (non-hydrogen) atoms. The first-order valence-electron chi connectivity index (χ1n) is 13.3. The number of aryl methyl sites for hydroxylation is 1. The molecule has 0 saturated heterocycles. The van der Waals surface area contributed by atoms with Gasteiger partial charge in [-0.25, -0.2) is 8.78 Å². The fraction of sp³-hybridized carbons (Fsp3) is 0.452. The van der Waals surface area contributed by atoms with Crippen LogP contribution in [0.4, 0.5) is 14.5 Å². The molecule has 2 aromatic carbocycles. The zero-order chi connectivity index (χ0) is 28.4. The quantitative estimate of drug-likeness (QED) is 0.187. The number of halogens is 3. The summed E-state index contributed by atoms with van der Waals surface area (Å²) in [6.07, 6.45) is -0.614. The zero-order valence-corrected chi connectivity index (χ0v) is 24.1. The highest BCUT2D eigenvalue weighted by molar-refractivity contribution is 6.31. The van der Waals surface area contributed by atoms with E-state index < -0.39 is 12.3 Å². The minimum absolute atomic E-state index is 0.0749. The van der Waals surface area contributed by atoms with E-state index in [1.54, 1.807) is 13.0 Å². The summed E-state index contributed by atoms with van der Waals surface area (Å²) in [4.78, 5) is 2.07. The van der Waals surface area contributed by atoms with Crippen molar-refractivity contribution >= 4 is 23.0 Å². The SMILES string of the molecule is C=C(NCC(C(=N)c1ccc(Cl)c(C)c1)N(CC)C(=C)C(C)CC(F)CC)Nc1cccc(CC(C)F)c1. The summed E-state index contributed by atoms with van der Waals surface area (Å²) >= 11 is 6.24. The predicted octanol–water partition coefficient (Wildman–Crippen LogP) is 8.07. The van der Waals surface area contributed by atoms with E-state index in [0.717, 1.165) is 28.1 Å². The molecule has 4 nitrogen and oxygen atoms in total. The molecule has 0 aromatic heterocycles. The molecule has 208 valence electrons. The van der Waals surface area contributed by atoms with Crippen LogP contribution in [0, 0.1) is 18.3 Å². The van der Waals surface area contributed by atoms with Crippen molar-refractivity contribution in [3.05, 3.63) is 88.9 Å². The molecular weight excluding hydrogens is 502 g/mol. The van der Waals surface area contributed by atoms with Gasteiger partial charge in [0.2, 0.25) is 0 Å². The molecule has 0 saturated carbocycles. The molecule has 0 aliphatic carbocycles. The third-order valence-corrected chi connectivity index (χ3v) is 7.18. The molecule has 7 heteroatoms. The Hall–Kier alpha value is -2.86. The van der Waals surface area contributed by atoms with Crippen LogP contribution in [0.3, 0.4) is 0 Å². The smallest absolute Gasteiger partial charge is 0.101 e. The first-order valence-corrected chi connectivity index (χ1v) is 13.7. The van der Waals surface area contributed by atoms with Gasteiger partial charge < -0.3 is 20.9 Å². The molecule has 0 radical (unpaired) electrons. The first kappa shape index (κ1) is 31.4. The summed E-state index contributed by atoms with van der Waals surface area (Å²) in [5, 5.41) is 16.4. The third kappa shape index (κ3) is 9.16. The minimum Gasteiger partial charge on any atom is -0.370 e. The van der Waals surface area contributed by atoms with Gasteiger partial charge in [0.05, 0.1) is 17.6 Å². The summed E-state index contributed by atoms with van der Waals surface area (Å²) < 4.78 is 27.7. The molecule has 0 bridgehead atoms. The fourth-order valence-electron chi connectivity index (χ4n) is 4.50. The Morgan fingerprint density at radius 2 is 1.82 bits per heavy atom. The number of nitrogens with zero attached hydrogens (tertiary/aromatic N) is 1. The second-order valence-electron chi connectivity index (χ2n) is 9.98. The Morgan fingerprint density at radius 3 is 2.42 bits per heavy atom. The molecule has 2 aromatic rings. The number of nitrogens with one attached hydrogen (secondary N) is 3. The molecule has 0 fully saturated rings. The molecular formula is C31H43ClF2N4. The van der Waals surface area contributed by atoms with Gasteiger partial charge in [0.1, 0.15) is 12.3 Å². The average Bonchev–Trinajstić information content (AvgIpc) is 2.87. The normalized spacial score (nSPS) is 14.2. The molecule has 0 heterocycles. The number of allylic oxidation sites excluding steroid dienone is 1. The molecule has 4 atom stereocenters. The second kappa shape index (κ2) is 14.9. The second-order valence-corrected chi connectivity index (χ2v) is 10.4. The number of anilines is 1. The lowest BCUT2D eigenvalue weighted by molar-refractivity contribution is 0.236. The van der Waals surface area contributed by atoms with Crippen molar-refractivity contribution in [1.82, 2.24) is 10.2 Å². The number of likely N-dealkylation sites (N-methyl/N-ethyl adjacent to an activating group) is 1. The Kier molecular flexibility index (Phi) is 12.3. The Balaban J connectivity index is 2.26. The average molecular weight is 545 g/mol. The summed E-state index contributed by atoms with van der Waals surface area (Å²) in [6, 6.07) is 12.8. The first-order chi connectivity index (χ1) is 18.0.